The monoisotopic (exact) mass is 245 g/mol. The van der Waals surface area contributed by atoms with Gasteiger partial charge in [-0.2, -0.15) is 5.26 Å². The zero-order chi connectivity index (χ0) is 13.3. The van der Waals surface area contributed by atoms with E-state index in [0.717, 1.165) is 0 Å². The fourth-order valence-electron chi connectivity index (χ4n) is 1.44. The Kier molecular flexibility index (Phi) is 2.65. The van der Waals surface area contributed by atoms with E-state index in [1.165, 1.54) is 12.1 Å². The zero-order valence-electron chi connectivity index (χ0n) is 9.25. The molecule has 2 aromatic heterocycles. The minimum Gasteiger partial charge on any atom is -0.399 e. The van der Waals surface area contributed by atoms with Gasteiger partial charge in [-0.3, -0.25) is 10.1 Å². The second kappa shape index (κ2) is 4.14. The molecule has 2 rings (SSSR count). The van der Waals surface area contributed by atoms with Gasteiger partial charge < -0.3 is 10.2 Å². The van der Waals surface area contributed by atoms with E-state index in [1.54, 1.807) is 6.92 Å². The van der Waals surface area contributed by atoms with Crippen molar-refractivity contribution in [2.75, 3.05) is 5.73 Å². The first kappa shape index (κ1) is 11.5. The second-order valence-electron chi connectivity index (χ2n) is 3.39. The molecule has 8 nitrogen and oxygen atoms in total. The summed E-state index contributed by atoms with van der Waals surface area (Å²) in [6.45, 7) is 1.60. The molecule has 2 aromatic rings. The molecule has 0 aliphatic carbocycles. The quantitative estimate of drug-likeness (QED) is 0.624. The third-order valence-corrected chi connectivity index (χ3v) is 2.17. The van der Waals surface area contributed by atoms with E-state index >= 15 is 0 Å². The Bertz CT molecular complexity index is 671. The standard InChI is InChI=1S/C10H7N5O3/c1-5-13-9(6(4-11)10(12)14-5)7-2-3-8(18-7)15(16)17/h2-3H,1H3,(H2,12,13,14). The number of nitrogen functional groups attached to an aromatic ring is 1. The number of hydrogen-bond acceptors (Lipinski definition) is 7. The predicted octanol–water partition coefficient (Wildman–Crippen LogP) is 1.41. The number of aryl methyl sites for hydroxylation is 1. The Morgan fingerprint density at radius 2 is 2.22 bits per heavy atom. The van der Waals surface area contributed by atoms with Crippen LogP contribution in [0.5, 0.6) is 0 Å². The number of rotatable bonds is 2. The summed E-state index contributed by atoms with van der Waals surface area (Å²) < 4.78 is 4.99. The minimum absolute atomic E-state index is 0.0130. The van der Waals surface area contributed by atoms with Crippen molar-refractivity contribution in [3.63, 3.8) is 0 Å². The van der Waals surface area contributed by atoms with Crippen LogP contribution in [0.2, 0.25) is 0 Å². The SMILES string of the molecule is Cc1nc(N)c(C#N)c(-c2ccc([N+](=O)[O-])o2)n1. The maximum absolute atomic E-state index is 10.5. The van der Waals surface area contributed by atoms with Gasteiger partial charge in [0.2, 0.25) is 0 Å². The number of nitro groups is 1. The van der Waals surface area contributed by atoms with Crippen LogP contribution in [0.1, 0.15) is 11.4 Å². The maximum atomic E-state index is 10.5. The van der Waals surface area contributed by atoms with E-state index in [9.17, 15) is 10.1 Å². The zero-order valence-corrected chi connectivity index (χ0v) is 9.25. The largest absolute Gasteiger partial charge is 0.433 e. The fourth-order valence-corrected chi connectivity index (χ4v) is 1.44. The molecule has 8 heteroatoms. The molecule has 0 unspecified atom stereocenters. The van der Waals surface area contributed by atoms with Crippen LogP contribution in [0, 0.1) is 28.4 Å². The summed E-state index contributed by atoms with van der Waals surface area (Å²) in [6.07, 6.45) is 0. The Labute approximate surface area is 101 Å². The average molecular weight is 245 g/mol. The summed E-state index contributed by atoms with van der Waals surface area (Å²) in [5.74, 6) is 0.0405. The first-order valence-corrected chi connectivity index (χ1v) is 4.81. The number of hydrogen-bond donors (Lipinski definition) is 1. The molecule has 0 amide bonds. The lowest BCUT2D eigenvalue weighted by molar-refractivity contribution is -0.401. The van der Waals surface area contributed by atoms with Gasteiger partial charge in [0.15, 0.2) is 5.76 Å². The minimum atomic E-state index is -0.674. The topological polar surface area (TPSA) is 132 Å². The Balaban J connectivity index is 2.63. The van der Waals surface area contributed by atoms with Crippen LogP contribution in [0.15, 0.2) is 16.5 Å². The third-order valence-electron chi connectivity index (χ3n) is 2.17. The summed E-state index contributed by atoms with van der Waals surface area (Å²) >= 11 is 0. The molecule has 0 aliphatic rings. The van der Waals surface area contributed by atoms with Crippen molar-refractivity contribution >= 4 is 11.7 Å². The van der Waals surface area contributed by atoms with Crippen LogP contribution in [0.25, 0.3) is 11.5 Å². The van der Waals surface area contributed by atoms with E-state index in [-0.39, 0.29) is 22.8 Å². The number of anilines is 1. The van der Waals surface area contributed by atoms with Gasteiger partial charge >= 0.3 is 5.88 Å². The Morgan fingerprint density at radius 1 is 1.50 bits per heavy atom. The number of nitrogens with two attached hydrogens (primary N) is 1. The Morgan fingerprint density at radius 3 is 2.78 bits per heavy atom. The van der Waals surface area contributed by atoms with Gasteiger partial charge in [0.1, 0.15) is 33.9 Å². The van der Waals surface area contributed by atoms with Crippen molar-refractivity contribution in [3.8, 4) is 17.5 Å². The molecule has 0 fully saturated rings. The highest BCUT2D eigenvalue weighted by Gasteiger charge is 2.19. The first-order valence-electron chi connectivity index (χ1n) is 4.81. The van der Waals surface area contributed by atoms with Crippen molar-refractivity contribution in [3.05, 3.63) is 33.6 Å². The van der Waals surface area contributed by atoms with Crippen molar-refractivity contribution in [1.29, 1.82) is 5.26 Å². The molecular formula is C10H7N5O3. The van der Waals surface area contributed by atoms with Crippen molar-refractivity contribution in [2.24, 2.45) is 0 Å². The summed E-state index contributed by atoms with van der Waals surface area (Å²) in [5.41, 5.74) is 5.77. The normalized spacial score (nSPS) is 10.0. The number of aromatic nitrogens is 2. The molecule has 2 heterocycles. The molecule has 0 radical (unpaired) electrons. The summed E-state index contributed by atoms with van der Waals surface area (Å²) in [5, 5.41) is 19.5. The molecular weight excluding hydrogens is 238 g/mol. The third kappa shape index (κ3) is 1.84. The van der Waals surface area contributed by atoms with Crippen molar-refractivity contribution in [2.45, 2.75) is 6.92 Å². The van der Waals surface area contributed by atoms with E-state index in [1.807, 2.05) is 6.07 Å². The van der Waals surface area contributed by atoms with Gasteiger partial charge in [0.05, 0.1) is 6.07 Å². The van der Waals surface area contributed by atoms with Gasteiger partial charge in [0, 0.05) is 0 Å². The van der Waals surface area contributed by atoms with Gasteiger partial charge in [-0.05, 0) is 13.0 Å². The van der Waals surface area contributed by atoms with Crippen molar-refractivity contribution in [1.82, 2.24) is 9.97 Å². The molecule has 0 saturated carbocycles. The summed E-state index contributed by atoms with van der Waals surface area (Å²) in [6, 6.07) is 4.39. The van der Waals surface area contributed by atoms with Crippen LogP contribution >= 0.6 is 0 Å². The van der Waals surface area contributed by atoms with Crippen LogP contribution in [-0.4, -0.2) is 14.9 Å². The van der Waals surface area contributed by atoms with Gasteiger partial charge in [-0.15, -0.1) is 0 Å². The lowest BCUT2D eigenvalue weighted by atomic mass is 10.2. The molecule has 18 heavy (non-hydrogen) atoms. The first-order chi connectivity index (χ1) is 8.52. The highest BCUT2D eigenvalue weighted by Crippen LogP contribution is 2.28. The van der Waals surface area contributed by atoms with Crippen LogP contribution in [0.3, 0.4) is 0 Å². The number of nitriles is 1. The molecule has 90 valence electrons. The van der Waals surface area contributed by atoms with Crippen LogP contribution in [0.4, 0.5) is 11.7 Å². The van der Waals surface area contributed by atoms with Crippen molar-refractivity contribution < 1.29 is 9.34 Å². The molecule has 2 N–H and O–H groups in total. The highest BCUT2D eigenvalue weighted by molar-refractivity contribution is 5.68. The molecule has 0 spiro atoms. The molecule has 0 saturated heterocycles. The molecule has 0 aromatic carbocycles. The molecule has 0 atom stereocenters. The highest BCUT2D eigenvalue weighted by atomic mass is 16.6. The number of furan rings is 1. The van der Waals surface area contributed by atoms with E-state index in [0.29, 0.717) is 5.82 Å². The maximum Gasteiger partial charge on any atom is 0.433 e. The van der Waals surface area contributed by atoms with E-state index in [4.69, 9.17) is 15.4 Å². The van der Waals surface area contributed by atoms with Crippen LogP contribution < -0.4 is 5.73 Å². The smallest absolute Gasteiger partial charge is 0.399 e. The lowest BCUT2D eigenvalue weighted by Gasteiger charge is -2.03. The number of nitrogens with zero attached hydrogens (tertiary/aromatic N) is 4. The van der Waals surface area contributed by atoms with E-state index < -0.39 is 10.8 Å². The van der Waals surface area contributed by atoms with Gasteiger partial charge in [0.25, 0.3) is 0 Å². The fraction of sp³-hybridized carbons (Fsp3) is 0.100. The molecule has 0 aliphatic heterocycles. The predicted molar refractivity (Wildman–Crippen MR) is 60.3 cm³/mol. The second-order valence-corrected chi connectivity index (χ2v) is 3.39. The average Bonchev–Trinajstić information content (AvgIpc) is 2.77. The lowest BCUT2D eigenvalue weighted by Crippen LogP contribution is -2.02. The van der Waals surface area contributed by atoms with Crippen LogP contribution in [-0.2, 0) is 0 Å². The van der Waals surface area contributed by atoms with Gasteiger partial charge in [-0.1, -0.05) is 0 Å². The summed E-state index contributed by atoms with van der Waals surface area (Å²) in [4.78, 5) is 17.7. The Hall–Kier alpha value is -2.95. The van der Waals surface area contributed by atoms with Gasteiger partial charge in [-0.25, -0.2) is 9.97 Å². The van der Waals surface area contributed by atoms with E-state index in [2.05, 4.69) is 9.97 Å². The molecule has 0 bridgehead atoms. The summed E-state index contributed by atoms with van der Waals surface area (Å²) in [7, 11) is 0.